The molecule has 1 aromatic carbocycles. The van der Waals surface area contributed by atoms with Crippen LogP contribution in [0.2, 0.25) is 5.02 Å². The van der Waals surface area contributed by atoms with E-state index in [2.05, 4.69) is 34.7 Å². The first-order chi connectivity index (χ1) is 18.0. The van der Waals surface area contributed by atoms with Gasteiger partial charge < -0.3 is 15.0 Å². The second-order valence-electron chi connectivity index (χ2n) is 11.3. The van der Waals surface area contributed by atoms with E-state index in [9.17, 15) is 14.4 Å². The molecule has 2 unspecified atom stereocenters. The maximum atomic E-state index is 13.9. The topological polar surface area (TPSA) is 123 Å². The van der Waals surface area contributed by atoms with Gasteiger partial charge in [0.25, 0.3) is 0 Å². The lowest BCUT2D eigenvalue weighted by atomic mass is 9.88. The third kappa shape index (κ3) is 6.09. The molecule has 4 rings (SSSR count). The van der Waals surface area contributed by atoms with Gasteiger partial charge in [0.05, 0.1) is 5.69 Å². The lowest BCUT2D eigenvalue weighted by Gasteiger charge is -2.35. The first-order valence-corrected chi connectivity index (χ1v) is 13.4. The highest BCUT2D eigenvalue weighted by atomic mass is 35.5. The highest BCUT2D eigenvalue weighted by Crippen LogP contribution is 2.34. The summed E-state index contributed by atoms with van der Waals surface area (Å²) in [5.41, 5.74) is 0.761. The Kier molecular flexibility index (Phi) is 8.25. The summed E-state index contributed by atoms with van der Waals surface area (Å²) in [6.45, 7) is 10.7. The molecule has 38 heavy (non-hydrogen) atoms. The van der Waals surface area contributed by atoms with Crippen LogP contribution in [0.5, 0.6) is 0 Å². The molecule has 3 atom stereocenters. The van der Waals surface area contributed by atoms with Gasteiger partial charge in [-0.25, -0.2) is 9.48 Å². The summed E-state index contributed by atoms with van der Waals surface area (Å²) in [6, 6.07) is 3.98. The molecule has 0 aliphatic carbocycles. The second kappa shape index (κ2) is 11.3. The van der Waals surface area contributed by atoms with E-state index >= 15 is 0 Å². The summed E-state index contributed by atoms with van der Waals surface area (Å²) in [5, 5.41) is 14.8. The van der Waals surface area contributed by atoms with Crippen LogP contribution in [-0.2, 0) is 20.9 Å². The van der Waals surface area contributed by atoms with Crippen LogP contribution in [-0.4, -0.2) is 78.7 Å². The predicted molar refractivity (Wildman–Crippen MR) is 140 cm³/mol. The van der Waals surface area contributed by atoms with E-state index in [1.54, 1.807) is 28.0 Å². The summed E-state index contributed by atoms with van der Waals surface area (Å²) in [4.78, 5) is 43.5. The van der Waals surface area contributed by atoms with E-state index in [-0.39, 0.29) is 30.2 Å². The zero-order valence-electron chi connectivity index (χ0n) is 22.6. The van der Waals surface area contributed by atoms with E-state index < -0.39 is 23.8 Å². The van der Waals surface area contributed by atoms with Gasteiger partial charge in [0, 0.05) is 24.7 Å². The SMILES string of the molecule is CC(C)C1CCN(C(=O)OC(C)(C)C)C1C(=O)N1CCC[C@H]1C(=O)NCc1cc(Cl)ccc1-n1cnnn1. The lowest BCUT2D eigenvalue weighted by Crippen LogP contribution is -2.55. The summed E-state index contributed by atoms with van der Waals surface area (Å²) in [6.07, 6.45) is 2.96. The Hall–Kier alpha value is -3.21. The molecule has 0 spiro atoms. The van der Waals surface area contributed by atoms with Crippen LogP contribution >= 0.6 is 11.6 Å². The predicted octanol–water partition coefficient (Wildman–Crippen LogP) is 3.20. The minimum Gasteiger partial charge on any atom is -0.444 e. The fourth-order valence-corrected chi connectivity index (χ4v) is 5.51. The van der Waals surface area contributed by atoms with Crippen molar-refractivity contribution in [3.63, 3.8) is 0 Å². The summed E-state index contributed by atoms with van der Waals surface area (Å²) < 4.78 is 7.12. The molecular formula is C26H36ClN7O4. The van der Waals surface area contributed by atoms with Gasteiger partial charge in [-0.2, -0.15) is 0 Å². The Bertz CT molecular complexity index is 1160. The number of hydrogen-bond donors (Lipinski definition) is 1. The van der Waals surface area contributed by atoms with E-state index in [0.29, 0.717) is 43.1 Å². The van der Waals surface area contributed by atoms with E-state index in [1.807, 2.05) is 20.8 Å². The van der Waals surface area contributed by atoms with Crippen LogP contribution in [0.1, 0.15) is 59.4 Å². The van der Waals surface area contributed by atoms with Crippen LogP contribution in [0, 0.1) is 11.8 Å². The Labute approximate surface area is 227 Å². The highest BCUT2D eigenvalue weighted by Gasteiger charge is 2.48. The molecule has 11 nitrogen and oxygen atoms in total. The average molecular weight is 546 g/mol. The number of likely N-dealkylation sites (tertiary alicyclic amines) is 2. The number of benzene rings is 1. The quantitative estimate of drug-likeness (QED) is 0.591. The molecule has 2 aliphatic rings. The number of hydrogen-bond acceptors (Lipinski definition) is 7. The first kappa shape index (κ1) is 27.8. The van der Waals surface area contributed by atoms with Crippen molar-refractivity contribution in [3.8, 4) is 5.69 Å². The van der Waals surface area contributed by atoms with E-state index in [1.165, 1.54) is 11.0 Å². The Balaban J connectivity index is 1.49. The minimum absolute atomic E-state index is 0.00959. The molecule has 2 fully saturated rings. The van der Waals surface area contributed by atoms with Gasteiger partial charge >= 0.3 is 6.09 Å². The van der Waals surface area contributed by atoms with Crippen LogP contribution < -0.4 is 5.32 Å². The smallest absolute Gasteiger partial charge is 0.410 e. The number of rotatable bonds is 6. The number of nitrogens with zero attached hydrogens (tertiary/aromatic N) is 6. The Morgan fingerprint density at radius 3 is 2.58 bits per heavy atom. The van der Waals surface area contributed by atoms with Crippen LogP contribution in [0.25, 0.3) is 5.69 Å². The Morgan fingerprint density at radius 2 is 1.92 bits per heavy atom. The molecule has 0 bridgehead atoms. The first-order valence-electron chi connectivity index (χ1n) is 13.1. The number of carbonyl (C=O) groups is 3. The summed E-state index contributed by atoms with van der Waals surface area (Å²) in [5.74, 6) is -0.258. The fraction of sp³-hybridized carbons (Fsp3) is 0.615. The van der Waals surface area contributed by atoms with Crippen molar-refractivity contribution in [3.05, 3.63) is 35.1 Å². The van der Waals surface area contributed by atoms with Gasteiger partial charge in [0.1, 0.15) is 24.0 Å². The third-order valence-corrected chi connectivity index (χ3v) is 7.35. The van der Waals surface area contributed by atoms with Gasteiger partial charge in [-0.15, -0.1) is 5.10 Å². The number of tetrazole rings is 1. The second-order valence-corrected chi connectivity index (χ2v) is 11.7. The number of halogens is 1. The standard InChI is InChI=1S/C26H36ClN7O4/c1-16(2)19-10-12-33(25(37)38-26(3,4)5)22(19)24(36)32-11-6-7-21(32)23(35)28-14-17-13-18(27)8-9-20(17)34-15-29-30-31-34/h8-9,13,15-16,19,21-22H,6-7,10-12,14H2,1-5H3,(H,28,35)/t19?,21-,22?/m0/s1. The highest BCUT2D eigenvalue weighted by molar-refractivity contribution is 6.30. The molecule has 2 aromatic rings. The number of amides is 3. The molecule has 1 aromatic heterocycles. The Morgan fingerprint density at radius 1 is 1.16 bits per heavy atom. The van der Waals surface area contributed by atoms with Gasteiger partial charge in [-0.05, 0) is 86.1 Å². The van der Waals surface area contributed by atoms with Crippen molar-refractivity contribution < 1.29 is 19.1 Å². The van der Waals surface area contributed by atoms with Crippen molar-refractivity contribution >= 4 is 29.5 Å². The molecule has 3 heterocycles. The number of nitrogens with one attached hydrogen (secondary N) is 1. The zero-order chi connectivity index (χ0) is 27.6. The van der Waals surface area contributed by atoms with Crippen molar-refractivity contribution in [1.29, 1.82) is 0 Å². The maximum absolute atomic E-state index is 13.9. The number of ether oxygens (including phenoxy) is 1. The number of carbonyl (C=O) groups excluding carboxylic acids is 3. The van der Waals surface area contributed by atoms with Crippen LogP contribution in [0.15, 0.2) is 24.5 Å². The molecule has 2 saturated heterocycles. The normalized spacial score (nSPS) is 21.7. The summed E-state index contributed by atoms with van der Waals surface area (Å²) >= 11 is 6.21. The molecule has 2 aliphatic heterocycles. The average Bonchev–Trinajstić information content (AvgIpc) is 3.61. The third-order valence-electron chi connectivity index (χ3n) is 7.11. The van der Waals surface area contributed by atoms with Gasteiger partial charge in [-0.1, -0.05) is 25.4 Å². The van der Waals surface area contributed by atoms with Crippen molar-refractivity contribution in [2.75, 3.05) is 13.1 Å². The zero-order valence-corrected chi connectivity index (χ0v) is 23.3. The van der Waals surface area contributed by atoms with Crippen LogP contribution in [0.4, 0.5) is 4.79 Å². The number of aromatic nitrogens is 4. The maximum Gasteiger partial charge on any atom is 0.410 e. The van der Waals surface area contributed by atoms with Crippen molar-refractivity contribution in [2.45, 2.75) is 78.1 Å². The molecular weight excluding hydrogens is 510 g/mol. The van der Waals surface area contributed by atoms with E-state index in [0.717, 1.165) is 5.56 Å². The molecule has 0 radical (unpaired) electrons. The van der Waals surface area contributed by atoms with Crippen LogP contribution in [0.3, 0.4) is 0 Å². The molecule has 12 heteroatoms. The van der Waals surface area contributed by atoms with Crippen molar-refractivity contribution in [2.24, 2.45) is 11.8 Å². The monoisotopic (exact) mass is 545 g/mol. The van der Waals surface area contributed by atoms with E-state index in [4.69, 9.17) is 16.3 Å². The fourth-order valence-electron chi connectivity index (χ4n) is 5.32. The molecule has 3 amide bonds. The minimum atomic E-state index is -0.669. The van der Waals surface area contributed by atoms with Gasteiger partial charge in [-0.3, -0.25) is 14.5 Å². The summed E-state index contributed by atoms with van der Waals surface area (Å²) in [7, 11) is 0. The lowest BCUT2D eigenvalue weighted by molar-refractivity contribution is -0.143. The largest absolute Gasteiger partial charge is 0.444 e. The van der Waals surface area contributed by atoms with Gasteiger partial charge in [0.2, 0.25) is 11.8 Å². The molecule has 0 saturated carbocycles. The van der Waals surface area contributed by atoms with Gasteiger partial charge in [0.15, 0.2) is 0 Å². The molecule has 206 valence electrons. The van der Waals surface area contributed by atoms with Crippen molar-refractivity contribution in [1.82, 2.24) is 35.3 Å². The molecule has 1 N–H and O–H groups in total.